The van der Waals surface area contributed by atoms with Crippen LogP contribution in [0.3, 0.4) is 0 Å². The van der Waals surface area contributed by atoms with E-state index in [1.807, 2.05) is 24.4 Å². The number of rotatable bonds is 8. The molecule has 0 aliphatic rings. The Morgan fingerprint density at radius 2 is 0.887 bits per heavy atom. The minimum absolute atomic E-state index is 0. The van der Waals surface area contributed by atoms with Gasteiger partial charge in [-0.1, -0.05) is 223 Å². The van der Waals surface area contributed by atoms with E-state index in [4.69, 9.17) is 24.9 Å². The first-order valence-electron chi connectivity index (χ1n) is 25.1. The van der Waals surface area contributed by atoms with Crippen molar-refractivity contribution in [1.82, 2.24) is 19.9 Å². The predicted octanol–water partition coefficient (Wildman–Crippen LogP) is 16.4. The Kier molecular flexibility index (Phi) is 16.0. The topological polar surface area (TPSA) is 78.7 Å². The third-order valence-corrected chi connectivity index (χ3v) is 13.3. The van der Waals surface area contributed by atoms with Crippen LogP contribution in [0.25, 0.3) is 55.0 Å². The van der Waals surface area contributed by atoms with E-state index < -0.39 is 0 Å². The van der Waals surface area contributed by atoms with Crippen molar-refractivity contribution in [3.8, 4) is 22.3 Å². The molecule has 0 aliphatic heterocycles. The zero-order valence-electron chi connectivity index (χ0n) is 44.6. The van der Waals surface area contributed by atoms with Gasteiger partial charge >= 0.3 is 19.5 Å². The summed E-state index contributed by atoms with van der Waals surface area (Å²) in [5.74, 6) is 3.12. The van der Waals surface area contributed by atoms with Crippen LogP contribution in [0.15, 0.2) is 156 Å². The smallest absolute Gasteiger partial charge is 0.436 e. The zero-order valence-corrected chi connectivity index (χ0v) is 47.5. The van der Waals surface area contributed by atoms with Gasteiger partial charge in [0.1, 0.15) is 0 Å². The Labute approximate surface area is 435 Å². The van der Waals surface area contributed by atoms with E-state index in [0.717, 1.165) is 27.3 Å². The van der Waals surface area contributed by atoms with Crippen LogP contribution in [-0.4, -0.2) is 9.97 Å². The summed E-state index contributed by atoms with van der Waals surface area (Å²) >= 11 is 0. The molecule has 5 aromatic carbocycles. The summed E-state index contributed by atoms with van der Waals surface area (Å²) in [6, 6.07) is 49.1. The molecule has 0 unspecified atom stereocenters. The number of hydrogen-bond donors (Lipinski definition) is 0. The van der Waals surface area contributed by atoms with Crippen LogP contribution in [0.1, 0.15) is 154 Å². The number of pyridine rings is 4. The van der Waals surface area contributed by atoms with E-state index in [0.29, 0.717) is 46.3 Å². The molecule has 0 aliphatic carbocycles. The largest absolute Gasteiger partial charge is 2.00 e. The summed E-state index contributed by atoms with van der Waals surface area (Å²) < 4.78 is 0. The molecule has 358 valence electrons. The molecule has 0 radical (unpaired) electrons. The fourth-order valence-electron chi connectivity index (χ4n) is 9.61. The molecular formula is C64H70N6Zn. The second-order valence-corrected chi connectivity index (χ2v) is 22.0. The van der Waals surface area contributed by atoms with Crippen LogP contribution in [-0.2, 0) is 30.3 Å². The van der Waals surface area contributed by atoms with Gasteiger partial charge < -0.3 is 20.0 Å². The van der Waals surface area contributed by atoms with E-state index in [1.54, 1.807) is 0 Å². The summed E-state index contributed by atoms with van der Waals surface area (Å²) in [7, 11) is 0. The first kappa shape index (κ1) is 52.5. The van der Waals surface area contributed by atoms with Gasteiger partial charge in [0.05, 0.1) is 17.2 Å². The second-order valence-electron chi connectivity index (χ2n) is 22.0. The van der Waals surface area contributed by atoms with Gasteiger partial charge in [-0.2, -0.15) is 0 Å². The number of benzene rings is 5. The number of fused-ring (bicyclic) bond motifs is 3. The molecule has 0 saturated carbocycles. The van der Waals surface area contributed by atoms with Crippen molar-refractivity contribution in [1.29, 1.82) is 0 Å². The van der Waals surface area contributed by atoms with Crippen molar-refractivity contribution < 1.29 is 19.5 Å². The molecule has 4 heterocycles. The maximum Gasteiger partial charge on any atom is 2.00 e. The van der Waals surface area contributed by atoms with Gasteiger partial charge in [-0.05, 0) is 136 Å². The van der Waals surface area contributed by atoms with E-state index in [2.05, 4.69) is 223 Å². The van der Waals surface area contributed by atoms with Crippen LogP contribution < -0.4 is 20.9 Å². The van der Waals surface area contributed by atoms with Crippen molar-refractivity contribution >= 4 is 44.3 Å². The quantitative estimate of drug-likeness (QED) is 0.142. The predicted molar refractivity (Wildman–Crippen MR) is 296 cm³/mol. The molecule has 0 fully saturated rings. The van der Waals surface area contributed by atoms with Crippen molar-refractivity contribution in [2.45, 2.75) is 131 Å². The molecule has 0 N–H and O–H groups in total. The van der Waals surface area contributed by atoms with Gasteiger partial charge in [0, 0.05) is 11.6 Å². The van der Waals surface area contributed by atoms with Crippen LogP contribution >= 0.6 is 0 Å². The van der Waals surface area contributed by atoms with E-state index >= 15 is 0 Å². The third kappa shape index (κ3) is 11.6. The molecule has 71 heavy (non-hydrogen) atoms. The Balaban J connectivity index is 0.000000207. The van der Waals surface area contributed by atoms with E-state index in [1.165, 1.54) is 61.0 Å². The zero-order chi connectivity index (χ0) is 50.1. The van der Waals surface area contributed by atoms with Crippen molar-refractivity contribution in [3.63, 3.8) is 0 Å². The molecule has 0 bridgehead atoms. The average molecular weight is 989 g/mol. The number of aromatic nitrogens is 4. The van der Waals surface area contributed by atoms with Gasteiger partial charge in [-0.25, -0.2) is 0 Å². The Morgan fingerprint density at radius 1 is 0.437 bits per heavy atom. The minimum Gasteiger partial charge on any atom is -0.436 e. The molecular weight excluding hydrogens is 918 g/mol. The molecule has 0 saturated heterocycles. The minimum atomic E-state index is 0. The van der Waals surface area contributed by atoms with Crippen LogP contribution in [0.5, 0.6) is 0 Å². The Hall–Kier alpha value is -6.30. The SMILES string of the molecule is CC(C)c1cccc(C(C)C)c1-c1cccc2[n-]c(=Nc3cc(C(C)(C)C)ccn3)ccc12.CC(C)c1cccc(C(C)C)c1-c1cccc2nc(N=c3ccc4c(C(C)(C)C)cccc4[n-]3)ccc12.[Zn+2]. The molecule has 9 rings (SSSR count). The number of hydrogen-bond acceptors (Lipinski definition) is 4. The van der Waals surface area contributed by atoms with Gasteiger partial charge in [0.15, 0.2) is 0 Å². The summed E-state index contributed by atoms with van der Waals surface area (Å²) in [5.41, 5.74) is 17.5. The monoisotopic (exact) mass is 986 g/mol. The molecule has 0 atom stereocenters. The van der Waals surface area contributed by atoms with Crippen LogP contribution in [0, 0.1) is 0 Å². The Morgan fingerprint density at radius 3 is 1.41 bits per heavy atom. The van der Waals surface area contributed by atoms with E-state index in [9.17, 15) is 0 Å². The van der Waals surface area contributed by atoms with Crippen LogP contribution in [0.4, 0.5) is 11.6 Å². The maximum absolute atomic E-state index is 4.94. The molecule has 6 nitrogen and oxygen atoms in total. The fraction of sp³-hybridized carbons (Fsp3) is 0.312. The van der Waals surface area contributed by atoms with E-state index in [-0.39, 0.29) is 30.3 Å². The maximum atomic E-state index is 4.94. The summed E-state index contributed by atoms with van der Waals surface area (Å²) in [6.07, 6.45) is 1.83. The van der Waals surface area contributed by atoms with Gasteiger partial charge in [0.2, 0.25) is 0 Å². The molecule has 4 aromatic heterocycles. The van der Waals surface area contributed by atoms with Gasteiger partial charge in [0.25, 0.3) is 0 Å². The molecule has 0 spiro atoms. The van der Waals surface area contributed by atoms with Gasteiger partial charge in [-0.15, -0.1) is 0 Å². The molecule has 9 aromatic rings. The molecule has 7 heteroatoms. The third-order valence-electron chi connectivity index (χ3n) is 13.3. The summed E-state index contributed by atoms with van der Waals surface area (Å²) in [5, 5.41) is 3.48. The fourth-order valence-corrected chi connectivity index (χ4v) is 9.61. The average Bonchev–Trinajstić information content (AvgIpc) is 3.32. The van der Waals surface area contributed by atoms with Crippen LogP contribution in [0.2, 0.25) is 0 Å². The van der Waals surface area contributed by atoms with Crippen molar-refractivity contribution in [3.05, 3.63) is 190 Å². The second kappa shape index (κ2) is 21.6. The first-order valence-corrected chi connectivity index (χ1v) is 25.1. The normalized spacial score (nSPS) is 12.6. The van der Waals surface area contributed by atoms with Crippen molar-refractivity contribution in [2.75, 3.05) is 0 Å². The molecule has 0 amide bonds. The first-order chi connectivity index (χ1) is 33.3. The van der Waals surface area contributed by atoms with Crippen molar-refractivity contribution in [2.24, 2.45) is 9.98 Å². The standard InChI is InChI=1S/C34H36N3.C30H34N3.Zn/c1-21(2)23-11-8-12-24(22(3)4)33(23)26-13-9-15-29-25(26)17-19-31(35-29)37-32-20-18-27-28(34(5,6)7)14-10-16-30(27)36-32;1-19(2)22-10-8-11-23(20(3)4)29(22)25-12-9-13-26-24(25)14-15-27(32-26)33-28-18-21(16-17-31-28)30(5,6)7;/h8-22H,1-7H3;8-20H,1-7H3;/q2*-1;+2. The Bertz CT molecular complexity index is 3430. The van der Waals surface area contributed by atoms with Gasteiger partial charge in [-0.3, -0.25) is 9.97 Å². The number of nitrogens with zero attached hydrogens (tertiary/aromatic N) is 6. The summed E-state index contributed by atoms with van der Waals surface area (Å²) in [6.45, 7) is 31.4. The summed E-state index contributed by atoms with van der Waals surface area (Å²) in [4.78, 5) is 28.7.